The molecular weight excluding hydrogens is 272 g/mol. The van der Waals surface area contributed by atoms with Gasteiger partial charge in [0.15, 0.2) is 0 Å². The van der Waals surface area contributed by atoms with Crippen molar-refractivity contribution < 1.29 is 0 Å². The number of rotatable bonds is 4. The second-order valence-corrected chi connectivity index (χ2v) is 6.16. The van der Waals surface area contributed by atoms with Gasteiger partial charge in [0, 0.05) is 26.2 Å². The highest BCUT2D eigenvalue weighted by atomic mass is 15.2. The zero-order valence-corrected chi connectivity index (χ0v) is 13.2. The van der Waals surface area contributed by atoms with Gasteiger partial charge >= 0.3 is 0 Å². The summed E-state index contributed by atoms with van der Waals surface area (Å²) in [5.41, 5.74) is 3.46. The zero-order valence-electron chi connectivity index (χ0n) is 13.2. The average molecular weight is 296 g/mol. The van der Waals surface area contributed by atoms with Gasteiger partial charge in [-0.1, -0.05) is 30.3 Å². The maximum absolute atomic E-state index is 4.32. The molecule has 1 aliphatic rings. The van der Waals surface area contributed by atoms with Crippen LogP contribution in [0, 0.1) is 12.8 Å². The van der Waals surface area contributed by atoms with Gasteiger partial charge in [-0.25, -0.2) is 0 Å². The van der Waals surface area contributed by atoms with Crippen LogP contribution in [0.2, 0.25) is 0 Å². The van der Waals surface area contributed by atoms with E-state index in [4.69, 9.17) is 0 Å². The van der Waals surface area contributed by atoms with E-state index in [1.54, 1.807) is 0 Å². The molecule has 0 unspecified atom stereocenters. The molecule has 0 saturated carbocycles. The number of nitrogens with zero attached hydrogens (tertiary/aromatic N) is 3. The Morgan fingerprint density at radius 1 is 1.14 bits per heavy atom. The molecule has 116 valence electrons. The topological polar surface area (TPSA) is 41.0 Å². The van der Waals surface area contributed by atoms with Crippen LogP contribution < -0.4 is 5.32 Å². The third-order valence-electron chi connectivity index (χ3n) is 4.15. The van der Waals surface area contributed by atoms with E-state index in [9.17, 15) is 0 Å². The van der Waals surface area contributed by atoms with Crippen LogP contribution in [-0.2, 0) is 13.0 Å². The van der Waals surface area contributed by atoms with Gasteiger partial charge in [-0.3, -0.25) is 4.90 Å². The molecule has 1 aliphatic heterocycles. The normalized spacial score (nSPS) is 19.8. The van der Waals surface area contributed by atoms with Gasteiger partial charge in [-0.2, -0.15) is 10.2 Å². The summed E-state index contributed by atoms with van der Waals surface area (Å²) in [6.45, 7) is 7.33. The molecule has 1 aromatic carbocycles. The van der Waals surface area contributed by atoms with Gasteiger partial charge in [0.05, 0.1) is 11.4 Å². The van der Waals surface area contributed by atoms with Crippen LogP contribution in [-0.4, -0.2) is 41.3 Å². The molecule has 3 rings (SSSR count). The van der Waals surface area contributed by atoms with Gasteiger partial charge in [-0.05, 0) is 43.5 Å². The van der Waals surface area contributed by atoms with Crippen molar-refractivity contribution in [2.24, 2.45) is 5.92 Å². The van der Waals surface area contributed by atoms with E-state index in [2.05, 4.69) is 56.8 Å². The van der Waals surface area contributed by atoms with Gasteiger partial charge in [0.1, 0.15) is 0 Å². The monoisotopic (exact) mass is 296 g/mol. The first-order valence-electron chi connectivity index (χ1n) is 8.06. The highest BCUT2D eigenvalue weighted by molar-refractivity contribution is 5.14. The lowest BCUT2D eigenvalue weighted by Gasteiger charge is -2.23. The van der Waals surface area contributed by atoms with E-state index in [0.717, 1.165) is 50.5 Å². The smallest absolute Gasteiger partial charge is 0.0635 e. The molecule has 0 amide bonds. The zero-order chi connectivity index (χ0) is 15.2. The number of aryl methyl sites for hydroxylation is 1. The Balaban J connectivity index is 1.61. The molecular formula is C18H24N4. The highest BCUT2D eigenvalue weighted by Gasteiger charge is 2.19. The summed E-state index contributed by atoms with van der Waals surface area (Å²) in [6, 6.07) is 14.9. The van der Waals surface area contributed by atoms with E-state index in [-0.39, 0.29) is 0 Å². The van der Waals surface area contributed by atoms with E-state index in [1.165, 1.54) is 5.56 Å². The average Bonchev–Trinajstić information content (AvgIpc) is 2.76. The lowest BCUT2D eigenvalue weighted by Crippen LogP contribution is -2.30. The molecule has 1 fully saturated rings. The Morgan fingerprint density at radius 2 is 2.00 bits per heavy atom. The third-order valence-corrected chi connectivity index (χ3v) is 4.15. The van der Waals surface area contributed by atoms with Crippen LogP contribution in [0.1, 0.15) is 17.0 Å². The maximum atomic E-state index is 4.32. The minimum Gasteiger partial charge on any atom is -0.315 e. The van der Waals surface area contributed by atoms with Crippen LogP contribution in [0.5, 0.6) is 0 Å². The molecule has 2 heterocycles. The largest absolute Gasteiger partial charge is 0.315 e. The first kappa shape index (κ1) is 15.1. The quantitative estimate of drug-likeness (QED) is 0.937. The van der Waals surface area contributed by atoms with Crippen molar-refractivity contribution in [1.29, 1.82) is 0 Å². The molecule has 2 aromatic rings. The fourth-order valence-electron chi connectivity index (χ4n) is 3.02. The minimum absolute atomic E-state index is 0.586. The standard InChI is InChI=1S/C18H24N4/c1-15-7-8-18(21-20-15)11-17-12-19-9-10-22(14-17)13-16-5-3-2-4-6-16/h2-8,17,19H,9-14H2,1H3/t17-/m1/s1. The lowest BCUT2D eigenvalue weighted by molar-refractivity contribution is 0.248. The molecule has 22 heavy (non-hydrogen) atoms. The molecule has 0 spiro atoms. The summed E-state index contributed by atoms with van der Waals surface area (Å²) < 4.78 is 0. The number of aromatic nitrogens is 2. The number of hydrogen-bond donors (Lipinski definition) is 1. The number of nitrogens with one attached hydrogen (secondary N) is 1. The maximum Gasteiger partial charge on any atom is 0.0635 e. The van der Waals surface area contributed by atoms with Crippen molar-refractivity contribution in [3.05, 3.63) is 59.4 Å². The van der Waals surface area contributed by atoms with E-state index < -0.39 is 0 Å². The highest BCUT2D eigenvalue weighted by Crippen LogP contribution is 2.13. The Bertz CT molecular complexity index is 567. The summed E-state index contributed by atoms with van der Waals surface area (Å²) in [5, 5.41) is 12.0. The Kier molecular flexibility index (Phi) is 5.14. The van der Waals surface area contributed by atoms with E-state index in [0.29, 0.717) is 5.92 Å². The van der Waals surface area contributed by atoms with Gasteiger partial charge < -0.3 is 5.32 Å². The van der Waals surface area contributed by atoms with Crippen LogP contribution in [0.3, 0.4) is 0 Å². The second-order valence-electron chi connectivity index (χ2n) is 6.16. The van der Waals surface area contributed by atoms with Crippen molar-refractivity contribution in [3.63, 3.8) is 0 Å². The van der Waals surface area contributed by atoms with Crippen molar-refractivity contribution in [2.45, 2.75) is 19.9 Å². The lowest BCUT2D eigenvalue weighted by atomic mass is 10.0. The third kappa shape index (κ3) is 4.36. The Morgan fingerprint density at radius 3 is 2.77 bits per heavy atom. The predicted octanol–water partition coefficient (Wildman–Crippen LogP) is 2.05. The molecule has 0 aliphatic carbocycles. The summed E-state index contributed by atoms with van der Waals surface area (Å²) in [4.78, 5) is 2.54. The minimum atomic E-state index is 0.586. The van der Waals surface area contributed by atoms with Crippen LogP contribution >= 0.6 is 0 Å². The fraction of sp³-hybridized carbons (Fsp3) is 0.444. The molecule has 4 nitrogen and oxygen atoms in total. The molecule has 1 atom stereocenters. The molecule has 0 radical (unpaired) electrons. The van der Waals surface area contributed by atoms with Gasteiger partial charge in [0.25, 0.3) is 0 Å². The van der Waals surface area contributed by atoms with Crippen molar-refractivity contribution in [3.8, 4) is 0 Å². The van der Waals surface area contributed by atoms with Gasteiger partial charge in [0.2, 0.25) is 0 Å². The number of hydrogen-bond acceptors (Lipinski definition) is 4. The van der Waals surface area contributed by atoms with Crippen LogP contribution in [0.15, 0.2) is 42.5 Å². The molecule has 1 saturated heterocycles. The first-order valence-corrected chi connectivity index (χ1v) is 8.06. The van der Waals surface area contributed by atoms with Crippen LogP contribution in [0.4, 0.5) is 0 Å². The first-order chi connectivity index (χ1) is 10.8. The summed E-state index contributed by atoms with van der Waals surface area (Å²) >= 11 is 0. The van der Waals surface area contributed by atoms with E-state index >= 15 is 0 Å². The molecule has 1 aromatic heterocycles. The molecule has 1 N–H and O–H groups in total. The number of benzene rings is 1. The van der Waals surface area contributed by atoms with Gasteiger partial charge in [-0.15, -0.1) is 0 Å². The fourth-order valence-corrected chi connectivity index (χ4v) is 3.02. The van der Waals surface area contributed by atoms with E-state index in [1.807, 2.05) is 13.0 Å². The SMILES string of the molecule is Cc1ccc(C[C@@H]2CNCCN(Cc3ccccc3)C2)nn1. The Hall–Kier alpha value is -1.78. The van der Waals surface area contributed by atoms with Crippen molar-refractivity contribution in [1.82, 2.24) is 20.4 Å². The molecule has 0 bridgehead atoms. The van der Waals surface area contributed by atoms with Crippen LogP contribution in [0.25, 0.3) is 0 Å². The predicted molar refractivity (Wildman–Crippen MR) is 88.6 cm³/mol. The second kappa shape index (κ2) is 7.47. The summed E-state index contributed by atoms with van der Waals surface area (Å²) in [7, 11) is 0. The molecule has 4 heteroatoms. The summed E-state index contributed by atoms with van der Waals surface area (Å²) in [5.74, 6) is 0.586. The Labute approximate surface area is 132 Å². The summed E-state index contributed by atoms with van der Waals surface area (Å²) in [6.07, 6.45) is 0.992. The van der Waals surface area contributed by atoms with Crippen molar-refractivity contribution >= 4 is 0 Å². The van der Waals surface area contributed by atoms with Crippen molar-refractivity contribution in [2.75, 3.05) is 26.2 Å².